The van der Waals surface area contributed by atoms with Gasteiger partial charge in [0.05, 0.1) is 17.1 Å². The molecule has 1 aromatic heterocycles. The first-order chi connectivity index (χ1) is 10.1. The van der Waals surface area contributed by atoms with Crippen molar-refractivity contribution in [1.82, 2.24) is 9.78 Å². The molecule has 112 valence electrons. The Morgan fingerprint density at radius 1 is 1.14 bits per heavy atom. The molecule has 0 aliphatic carbocycles. The highest BCUT2D eigenvalue weighted by atomic mass is 15.4. The molecule has 1 aliphatic heterocycles. The Kier molecular flexibility index (Phi) is 3.59. The van der Waals surface area contributed by atoms with Gasteiger partial charge in [-0.25, -0.2) is 0 Å². The summed E-state index contributed by atoms with van der Waals surface area (Å²) < 4.78 is 1.99. The standard InChI is InChI=1S/C16H23N5/c1-12-13(8-9-17)16(20(3)18-12)21-11-10-19(2)14-6-4-5-7-15(14)21/h4-7H,8-11,17H2,1-3H3. The maximum absolute atomic E-state index is 5.79. The summed E-state index contributed by atoms with van der Waals surface area (Å²) in [5.74, 6) is 1.18. The number of hydrogen-bond donors (Lipinski definition) is 1. The molecule has 0 radical (unpaired) electrons. The Hall–Kier alpha value is -2.01. The molecule has 1 aromatic carbocycles. The molecule has 1 aliphatic rings. The third-order valence-electron chi connectivity index (χ3n) is 4.21. The maximum Gasteiger partial charge on any atom is 0.134 e. The van der Waals surface area contributed by atoms with Gasteiger partial charge in [-0.1, -0.05) is 12.1 Å². The highest BCUT2D eigenvalue weighted by Crippen LogP contribution is 2.38. The second-order valence-corrected chi connectivity index (χ2v) is 5.61. The Bertz CT molecular complexity index is 646. The summed E-state index contributed by atoms with van der Waals surface area (Å²) in [5.41, 5.74) is 10.6. The van der Waals surface area contributed by atoms with Crippen LogP contribution in [0.1, 0.15) is 11.3 Å². The number of para-hydroxylation sites is 2. The van der Waals surface area contributed by atoms with Gasteiger partial charge in [0.15, 0.2) is 0 Å². The number of rotatable bonds is 3. The zero-order valence-corrected chi connectivity index (χ0v) is 13.0. The lowest BCUT2D eigenvalue weighted by molar-refractivity contribution is 0.722. The van der Waals surface area contributed by atoms with E-state index in [2.05, 4.69) is 53.1 Å². The molecule has 5 nitrogen and oxygen atoms in total. The Morgan fingerprint density at radius 2 is 1.86 bits per heavy atom. The Labute approximate surface area is 126 Å². The van der Waals surface area contributed by atoms with Gasteiger partial charge in [0.25, 0.3) is 0 Å². The minimum Gasteiger partial charge on any atom is -0.371 e. The molecule has 2 N–H and O–H groups in total. The van der Waals surface area contributed by atoms with Gasteiger partial charge < -0.3 is 15.5 Å². The SMILES string of the molecule is Cc1nn(C)c(N2CCN(C)c3ccccc32)c1CCN. The fourth-order valence-corrected chi connectivity index (χ4v) is 3.19. The smallest absolute Gasteiger partial charge is 0.134 e. The van der Waals surface area contributed by atoms with Gasteiger partial charge in [-0.3, -0.25) is 4.68 Å². The van der Waals surface area contributed by atoms with Crippen molar-refractivity contribution in [3.8, 4) is 0 Å². The van der Waals surface area contributed by atoms with Gasteiger partial charge in [0, 0.05) is 32.7 Å². The van der Waals surface area contributed by atoms with Gasteiger partial charge in [-0.2, -0.15) is 5.10 Å². The van der Waals surface area contributed by atoms with Crippen LogP contribution < -0.4 is 15.5 Å². The summed E-state index contributed by atoms with van der Waals surface area (Å²) in [6, 6.07) is 8.54. The summed E-state index contributed by atoms with van der Waals surface area (Å²) in [6.45, 7) is 4.68. The number of likely N-dealkylation sites (N-methyl/N-ethyl adjacent to an activating group) is 1. The second kappa shape index (κ2) is 5.41. The molecule has 0 saturated carbocycles. The van der Waals surface area contributed by atoms with Gasteiger partial charge >= 0.3 is 0 Å². The maximum atomic E-state index is 5.79. The van der Waals surface area contributed by atoms with Gasteiger partial charge in [0.1, 0.15) is 5.82 Å². The van der Waals surface area contributed by atoms with E-state index >= 15 is 0 Å². The van der Waals surface area contributed by atoms with Crippen molar-refractivity contribution in [1.29, 1.82) is 0 Å². The van der Waals surface area contributed by atoms with E-state index in [0.717, 1.165) is 25.2 Å². The average Bonchev–Trinajstić information content (AvgIpc) is 2.75. The molecule has 0 saturated heterocycles. The van der Waals surface area contributed by atoms with Crippen LogP contribution in [0.15, 0.2) is 24.3 Å². The first kappa shape index (κ1) is 13.9. The second-order valence-electron chi connectivity index (χ2n) is 5.61. The molecule has 2 aromatic rings. The lowest BCUT2D eigenvalue weighted by atomic mass is 10.1. The minimum absolute atomic E-state index is 0.648. The number of hydrogen-bond acceptors (Lipinski definition) is 4. The van der Waals surface area contributed by atoms with Crippen LogP contribution in [-0.4, -0.2) is 36.5 Å². The molecule has 21 heavy (non-hydrogen) atoms. The summed E-state index contributed by atoms with van der Waals surface area (Å²) in [5, 5.41) is 4.60. The van der Waals surface area contributed by atoms with Crippen LogP contribution in [0.2, 0.25) is 0 Å². The zero-order valence-electron chi connectivity index (χ0n) is 13.0. The third-order valence-corrected chi connectivity index (χ3v) is 4.21. The molecule has 0 spiro atoms. The molecule has 3 rings (SSSR count). The molecule has 0 bridgehead atoms. The minimum atomic E-state index is 0.648. The number of aromatic nitrogens is 2. The molecule has 0 fully saturated rings. The first-order valence-corrected chi connectivity index (χ1v) is 7.43. The molecule has 0 unspecified atom stereocenters. The third kappa shape index (κ3) is 2.27. The van der Waals surface area contributed by atoms with E-state index in [1.165, 1.54) is 22.8 Å². The highest BCUT2D eigenvalue weighted by molar-refractivity contribution is 5.79. The lowest BCUT2D eigenvalue weighted by Gasteiger charge is -2.37. The summed E-state index contributed by atoms with van der Waals surface area (Å²) >= 11 is 0. The largest absolute Gasteiger partial charge is 0.371 e. The number of anilines is 3. The van der Waals surface area contributed by atoms with Crippen molar-refractivity contribution in [3.05, 3.63) is 35.5 Å². The predicted molar refractivity (Wildman–Crippen MR) is 87.4 cm³/mol. The van der Waals surface area contributed by atoms with E-state index in [0.29, 0.717) is 6.54 Å². The van der Waals surface area contributed by atoms with Crippen LogP contribution >= 0.6 is 0 Å². The van der Waals surface area contributed by atoms with E-state index in [1.807, 2.05) is 11.7 Å². The van der Waals surface area contributed by atoms with E-state index < -0.39 is 0 Å². The lowest BCUT2D eigenvalue weighted by Crippen LogP contribution is -2.37. The summed E-state index contributed by atoms with van der Waals surface area (Å²) in [6.07, 6.45) is 0.865. The van der Waals surface area contributed by atoms with Crippen molar-refractivity contribution in [3.63, 3.8) is 0 Å². The molecular weight excluding hydrogens is 262 g/mol. The van der Waals surface area contributed by atoms with Crippen molar-refractivity contribution < 1.29 is 0 Å². The zero-order chi connectivity index (χ0) is 15.0. The Balaban J connectivity index is 2.12. The monoisotopic (exact) mass is 285 g/mol. The highest BCUT2D eigenvalue weighted by Gasteiger charge is 2.26. The van der Waals surface area contributed by atoms with Crippen LogP contribution in [-0.2, 0) is 13.5 Å². The molecular formula is C16H23N5. The fourth-order valence-electron chi connectivity index (χ4n) is 3.19. The number of nitrogens with two attached hydrogens (primary N) is 1. The van der Waals surface area contributed by atoms with Gasteiger partial charge in [-0.05, 0) is 32.0 Å². The first-order valence-electron chi connectivity index (χ1n) is 7.43. The normalized spacial score (nSPS) is 14.5. The number of nitrogens with zero attached hydrogens (tertiary/aromatic N) is 4. The number of fused-ring (bicyclic) bond motifs is 1. The van der Waals surface area contributed by atoms with E-state index in [-0.39, 0.29) is 0 Å². The van der Waals surface area contributed by atoms with Gasteiger partial charge in [0.2, 0.25) is 0 Å². The molecule has 5 heteroatoms. The average molecular weight is 285 g/mol. The predicted octanol–water partition coefficient (Wildman–Crippen LogP) is 1.82. The van der Waals surface area contributed by atoms with Crippen LogP contribution in [0.3, 0.4) is 0 Å². The van der Waals surface area contributed by atoms with E-state index in [1.54, 1.807) is 0 Å². The number of aryl methyl sites for hydroxylation is 2. The van der Waals surface area contributed by atoms with Crippen molar-refractivity contribution >= 4 is 17.2 Å². The quantitative estimate of drug-likeness (QED) is 0.934. The van der Waals surface area contributed by atoms with Crippen LogP contribution in [0.4, 0.5) is 17.2 Å². The van der Waals surface area contributed by atoms with Crippen molar-refractivity contribution in [2.24, 2.45) is 12.8 Å². The Morgan fingerprint density at radius 3 is 2.57 bits per heavy atom. The van der Waals surface area contributed by atoms with Crippen LogP contribution in [0.5, 0.6) is 0 Å². The number of benzene rings is 1. The van der Waals surface area contributed by atoms with Crippen molar-refractivity contribution in [2.75, 3.05) is 36.5 Å². The van der Waals surface area contributed by atoms with E-state index in [4.69, 9.17) is 5.73 Å². The fraction of sp³-hybridized carbons (Fsp3) is 0.438. The van der Waals surface area contributed by atoms with E-state index in [9.17, 15) is 0 Å². The summed E-state index contributed by atoms with van der Waals surface area (Å²) in [4.78, 5) is 4.68. The topological polar surface area (TPSA) is 50.3 Å². The van der Waals surface area contributed by atoms with Crippen LogP contribution in [0, 0.1) is 6.92 Å². The van der Waals surface area contributed by atoms with Crippen LogP contribution in [0.25, 0.3) is 0 Å². The van der Waals surface area contributed by atoms with Gasteiger partial charge in [-0.15, -0.1) is 0 Å². The molecule has 2 heterocycles. The summed E-state index contributed by atoms with van der Waals surface area (Å²) in [7, 11) is 4.16. The molecule has 0 amide bonds. The molecule has 0 atom stereocenters. The van der Waals surface area contributed by atoms with Crippen molar-refractivity contribution in [2.45, 2.75) is 13.3 Å².